The number of rotatable bonds is 2. The van der Waals surface area contributed by atoms with Crippen molar-refractivity contribution in [1.29, 1.82) is 0 Å². The number of hydrogen-bond donors (Lipinski definition) is 1. The highest BCUT2D eigenvalue weighted by molar-refractivity contribution is 7.91. The lowest BCUT2D eigenvalue weighted by molar-refractivity contribution is 0.279. The molecule has 0 aliphatic carbocycles. The minimum atomic E-state index is -2.87. The number of hydrogen-bond acceptors (Lipinski definition) is 3. The highest BCUT2D eigenvalue weighted by atomic mass is 32.2. The first kappa shape index (κ1) is 11.1. The summed E-state index contributed by atoms with van der Waals surface area (Å²) in [6.07, 6.45) is 0.977. The number of fused-ring (bicyclic) bond motifs is 1. The van der Waals surface area contributed by atoms with Crippen LogP contribution in [0, 0.1) is 0 Å². The minimum Gasteiger partial charge on any atom is -0.357 e. The van der Waals surface area contributed by atoms with E-state index < -0.39 is 9.84 Å². The van der Waals surface area contributed by atoms with Crippen molar-refractivity contribution in [3.05, 3.63) is 0 Å². The van der Waals surface area contributed by atoms with E-state index in [-0.39, 0.29) is 23.6 Å². The van der Waals surface area contributed by atoms with E-state index in [0.717, 1.165) is 6.42 Å². The normalized spacial score (nSPS) is 35.1. The molecule has 4 nitrogen and oxygen atoms in total. The molecule has 86 valence electrons. The van der Waals surface area contributed by atoms with Crippen LogP contribution in [0.2, 0.25) is 0 Å². The highest BCUT2D eigenvalue weighted by Crippen LogP contribution is 2.26. The lowest BCUT2D eigenvalue weighted by atomic mass is 10.1. The standard InChI is InChI=1S/C9H16N2O2S2/c1-3-6(2)11-8-5-15(12,13)4-7(8)10-9(11)14/h6-8H,3-5H2,1-2H3,(H,10,14)/t6-,7-,8+/m1/s1. The molecule has 0 aromatic carbocycles. The molecule has 0 unspecified atom stereocenters. The fourth-order valence-electron chi connectivity index (χ4n) is 2.35. The summed E-state index contributed by atoms with van der Waals surface area (Å²) in [5, 5.41) is 3.83. The quantitative estimate of drug-likeness (QED) is 0.705. The first-order chi connectivity index (χ1) is 6.94. The van der Waals surface area contributed by atoms with Crippen LogP contribution >= 0.6 is 12.2 Å². The van der Waals surface area contributed by atoms with E-state index in [2.05, 4.69) is 24.1 Å². The molecule has 3 atom stereocenters. The van der Waals surface area contributed by atoms with Gasteiger partial charge in [-0.2, -0.15) is 0 Å². The molecule has 2 heterocycles. The van der Waals surface area contributed by atoms with E-state index in [1.54, 1.807) is 0 Å². The van der Waals surface area contributed by atoms with Gasteiger partial charge in [-0.05, 0) is 25.6 Å². The second-order valence-electron chi connectivity index (χ2n) is 4.36. The second kappa shape index (κ2) is 3.59. The van der Waals surface area contributed by atoms with Crippen LogP contribution in [0.15, 0.2) is 0 Å². The molecule has 0 aromatic heterocycles. The van der Waals surface area contributed by atoms with Gasteiger partial charge in [-0.15, -0.1) is 0 Å². The third-order valence-electron chi connectivity index (χ3n) is 3.29. The van der Waals surface area contributed by atoms with Gasteiger partial charge in [0.05, 0.1) is 23.6 Å². The van der Waals surface area contributed by atoms with E-state index in [0.29, 0.717) is 11.2 Å². The topological polar surface area (TPSA) is 49.4 Å². The van der Waals surface area contributed by atoms with Gasteiger partial charge in [0.1, 0.15) is 0 Å². The second-order valence-corrected chi connectivity index (χ2v) is 6.91. The summed E-state index contributed by atoms with van der Waals surface area (Å²) in [5.41, 5.74) is 0. The summed E-state index contributed by atoms with van der Waals surface area (Å²) >= 11 is 5.23. The lowest BCUT2D eigenvalue weighted by Crippen LogP contribution is -2.42. The Balaban J connectivity index is 2.23. The first-order valence-electron chi connectivity index (χ1n) is 5.24. The van der Waals surface area contributed by atoms with Gasteiger partial charge >= 0.3 is 0 Å². The van der Waals surface area contributed by atoms with Crippen molar-refractivity contribution >= 4 is 27.2 Å². The maximum absolute atomic E-state index is 11.5. The summed E-state index contributed by atoms with van der Waals surface area (Å²) in [5.74, 6) is 0.472. The van der Waals surface area contributed by atoms with Gasteiger partial charge in [0, 0.05) is 6.04 Å². The van der Waals surface area contributed by atoms with Crippen molar-refractivity contribution in [1.82, 2.24) is 10.2 Å². The number of nitrogens with one attached hydrogen (secondary N) is 1. The van der Waals surface area contributed by atoms with Crippen molar-refractivity contribution in [3.63, 3.8) is 0 Å². The largest absolute Gasteiger partial charge is 0.357 e. The Kier molecular flexibility index (Phi) is 2.66. The maximum atomic E-state index is 11.5. The molecule has 2 saturated heterocycles. The molecule has 15 heavy (non-hydrogen) atoms. The van der Waals surface area contributed by atoms with Crippen LogP contribution in [-0.2, 0) is 9.84 Å². The van der Waals surface area contributed by atoms with E-state index in [1.165, 1.54) is 0 Å². The molecule has 2 aliphatic rings. The molecular weight excluding hydrogens is 232 g/mol. The summed E-state index contributed by atoms with van der Waals surface area (Å²) in [7, 11) is -2.87. The molecule has 0 spiro atoms. The maximum Gasteiger partial charge on any atom is 0.169 e. The number of nitrogens with zero attached hydrogens (tertiary/aromatic N) is 1. The Morgan fingerprint density at radius 1 is 1.60 bits per heavy atom. The molecule has 1 N–H and O–H groups in total. The Hall–Kier alpha value is -0.360. The van der Waals surface area contributed by atoms with Crippen LogP contribution in [-0.4, -0.2) is 48.1 Å². The van der Waals surface area contributed by atoms with Crippen molar-refractivity contribution in [3.8, 4) is 0 Å². The highest BCUT2D eigenvalue weighted by Gasteiger charge is 2.47. The Labute approximate surface area is 95.9 Å². The van der Waals surface area contributed by atoms with E-state index >= 15 is 0 Å². The number of sulfone groups is 1. The predicted molar refractivity (Wildman–Crippen MR) is 63.6 cm³/mol. The fraction of sp³-hybridized carbons (Fsp3) is 0.889. The van der Waals surface area contributed by atoms with Crippen LogP contribution in [0.4, 0.5) is 0 Å². The van der Waals surface area contributed by atoms with Gasteiger partial charge in [0.15, 0.2) is 14.9 Å². The van der Waals surface area contributed by atoms with Crippen molar-refractivity contribution in [2.24, 2.45) is 0 Å². The Morgan fingerprint density at radius 3 is 2.87 bits per heavy atom. The minimum absolute atomic E-state index is 0.0106. The van der Waals surface area contributed by atoms with Gasteiger partial charge in [-0.25, -0.2) is 8.42 Å². The smallest absolute Gasteiger partial charge is 0.169 e. The molecule has 2 aliphatic heterocycles. The first-order valence-corrected chi connectivity index (χ1v) is 7.47. The average Bonchev–Trinajstić information content (AvgIpc) is 2.54. The molecule has 2 rings (SSSR count). The Morgan fingerprint density at radius 2 is 2.27 bits per heavy atom. The molecule has 6 heteroatoms. The molecule has 2 fully saturated rings. The zero-order valence-corrected chi connectivity index (χ0v) is 10.6. The molecule has 0 bridgehead atoms. The van der Waals surface area contributed by atoms with Crippen molar-refractivity contribution in [2.45, 2.75) is 38.4 Å². The molecule has 0 aromatic rings. The van der Waals surface area contributed by atoms with Crippen molar-refractivity contribution in [2.75, 3.05) is 11.5 Å². The summed E-state index contributed by atoms with van der Waals surface area (Å²) in [4.78, 5) is 2.06. The van der Waals surface area contributed by atoms with Gasteiger partial charge in [0.2, 0.25) is 0 Å². The van der Waals surface area contributed by atoms with Gasteiger partial charge in [-0.1, -0.05) is 6.92 Å². The van der Waals surface area contributed by atoms with E-state index in [1.807, 2.05) is 0 Å². The van der Waals surface area contributed by atoms with E-state index in [9.17, 15) is 8.42 Å². The third kappa shape index (κ3) is 1.85. The Bertz CT molecular complexity index is 380. The summed E-state index contributed by atoms with van der Waals surface area (Å²) in [6.45, 7) is 4.17. The SMILES string of the molecule is CC[C@@H](C)N1C(=S)N[C@@H]2CS(=O)(=O)C[C@@H]21. The zero-order valence-electron chi connectivity index (χ0n) is 8.93. The average molecular weight is 248 g/mol. The molecule has 0 radical (unpaired) electrons. The van der Waals surface area contributed by atoms with E-state index in [4.69, 9.17) is 12.2 Å². The van der Waals surface area contributed by atoms with Crippen LogP contribution in [0.25, 0.3) is 0 Å². The monoisotopic (exact) mass is 248 g/mol. The van der Waals surface area contributed by atoms with Crippen molar-refractivity contribution < 1.29 is 8.42 Å². The zero-order chi connectivity index (χ0) is 11.2. The molecule has 0 saturated carbocycles. The molecule has 0 amide bonds. The van der Waals surface area contributed by atoms with Gasteiger partial charge < -0.3 is 10.2 Å². The van der Waals surface area contributed by atoms with Crippen LogP contribution < -0.4 is 5.32 Å². The summed E-state index contributed by atoms with van der Waals surface area (Å²) in [6, 6.07) is 0.377. The fourth-order valence-corrected chi connectivity index (χ4v) is 4.72. The van der Waals surface area contributed by atoms with Gasteiger partial charge in [-0.3, -0.25) is 0 Å². The van der Waals surface area contributed by atoms with Crippen LogP contribution in [0.3, 0.4) is 0 Å². The van der Waals surface area contributed by atoms with Gasteiger partial charge in [0.25, 0.3) is 0 Å². The van der Waals surface area contributed by atoms with Crippen LogP contribution in [0.1, 0.15) is 20.3 Å². The lowest BCUT2D eigenvalue weighted by Gasteiger charge is -2.29. The van der Waals surface area contributed by atoms with Crippen LogP contribution in [0.5, 0.6) is 0 Å². The third-order valence-corrected chi connectivity index (χ3v) is 5.33. The summed E-state index contributed by atoms with van der Waals surface area (Å²) < 4.78 is 23.0. The number of thiocarbonyl (C=S) groups is 1. The predicted octanol–water partition coefficient (Wildman–Crippen LogP) is 0.141. The molecular formula is C9H16N2O2S2.